The Balaban J connectivity index is 3.07. The molecule has 0 aliphatic carbocycles. The van der Waals surface area contributed by atoms with Gasteiger partial charge in [0.2, 0.25) is 0 Å². The second-order valence-electron chi connectivity index (χ2n) is 2.59. The third-order valence-corrected chi connectivity index (χ3v) is 2.58. The first-order valence-electron chi connectivity index (χ1n) is 3.84. The smallest absolute Gasteiger partial charge is 0.274 e. The number of carbonyl (C=O) groups excluding carboxylic acids is 1. The van der Waals surface area contributed by atoms with Crippen molar-refractivity contribution in [1.29, 1.82) is 0 Å². The molecular weight excluding hydrogens is 300 g/mol. The molecule has 0 aliphatic heterocycles. The fraction of sp³-hybridized carbons (Fsp3) is 0.222. The van der Waals surface area contributed by atoms with Gasteiger partial charge in [-0.15, -0.1) is 0 Å². The summed E-state index contributed by atoms with van der Waals surface area (Å²) in [6.07, 6.45) is 0. The minimum Gasteiger partial charge on any atom is -0.274 e. The number of nitrogens with zero attached hydrogens (tertiary/aromatic N) is 1. The van der Waals surface area contributed by atoms with Crippen molar-refractivity contribution in [2.45, 2.75) is 0 Å². The zero-order valence-electron chi connectivity index (χ0n) is 7.75. The average Bonchev–Trinajstić information content (AvgIpc) is 2.20. The van der Waals surface area contributed by atoms with E-state index in [0.717, 1.165) is 5.06 Å². The molecule has 5 heteroatoms. The number of hydrogen-bond acceptors (Lipinski definition) is 2. The van der Waals surface area contributed by atoms with Crippen LogP contribution < -0.4 is 0 Å². The first-order chi connectivity index (χ1) is 6.57. The van der Waals surface area contributed by atoms with Crippen molar-refractivity contribution in [3.05, 3.63) is 33.1 Å². The number of halogens is 2. The third kappa shape index (κ3) is 2.21. The van der Waals surface area contributed by atoms with Crippen LogP contribution in [0.1, 0.15) is 10.4 Å². The maximum Gasteiger partial charge on any atom is 0.280 e. The van der Waals surface area contributed by atoms with Crippen molar-refractivity contribution in [2.75, 3.05) is 14.2 Å². The molecular formula is C9H9FINO2. The number of hydrogen-bond donors (Lipinski definition) is 0. The second-order valence-corrected chi connectivity index (χ2v) is 3.75. The monoisotopic (exact) mass is 309 g/mol. The molecule has 0 N–H and O–H groups in total. The lowest BCUT2D eigenvalue weighted by Gasteiger charge is -2.14. The molecule has 0 aromatic heterocycles. The number of carbonyl (C=O) groups is 1. The van der Waals surface area contributed by atoms with Crippen LogP contribution in [0, 0.1) is 9.39 Å². The van der Waals surface area contributed by atoms with E-state index in [-0.39, 0.29) is 5.56 Å². The van der Waals surface area contributed by atoms with Gasteiger partial charge in [0, 0.05) is 10.6 Å². The van der Waals surface area contributed by atoms with Crippen molar-refractivity contribution < 1.29 is 14.0 Å². The highest BCUT2D eigenvalue weighted by Gasteiger charge is 2.17. The largest absolute Gasteiger partial charge is 0.280 e. The molecule has 0 saturated carbocycles. The van der Waals surface area contributed by atoms with Crippen LogP contribution in [0.2, 0.25) is 0 Å². The molecule has 0 aliphatic rings. The molecule has 1 aromatic rings. The minimum atomic E-state index is -0.512. The summed E-state index contributed by atoms with van der Waals surface area (Å²) in [6, 6.07) is 4.65. The van der Waals surface area contributed by atoms with Crippen LogP contribution in [0.25, 0.3) is 0 Å². The van der Waals surface area contributed by atoms with Gasteiger partial charge in [0.05, 0.1) is 12.7 Å². The Hall–Kier alpha value is -0.690. The lowest BCUT2D eigenvalue weighted by molar-refractivity contribution is -0.0759. The van der Waals surface area contributed by atoms with Gasteiger partial charge < -0.3 is 0 Å². The Morgan fingerprint density at radius 2 is 2.21 bits per heavy atom. The molecule has 0 spiro atoms. The Morgan fingerprint density at radius 3 is 2.79 bits per heavy atom. The molecule has 1 rings (SSSR count). The SMILES string of the molecule is CON(C)C(=O)c1cccc(I)c1F. The molecule has 0 saturated heterocycles. The van der Waals surface area contributed by atoms with Gasteiger partial charge in [-0.1, -0.05) is 6.07 Å². The maximum atomic E-state index is 13.4. The quantitative estimate of drug-likeness (QED) is 0.618. The lowest BCUT2D eigenvalue weighted by atomic mass is 10.2. The predicted octanol–water partition coefficient (Wildman–Crippen LogP) is 2.06. The minimum absolute atomic E-state index is 0.0150. The van der Waals surface area contributed by atoms with Gasteiger partial charge in [-0.05, 0) is 34.7 Å². The lowest BCUT2D eigenvalue weighted by Crippen LogP contribution is -2.26. The number of hydroxylamine groups is 2. The topological polar surface area (TPSA) is 29.5 Å². The first-order valence-corrected chi connectivity index (χ1v) is 4.92. The Bertz CT molecular complexity index is 357. The van der Waals surface area contributed by atoms with Crippen LogP contribution >= 0.6 is 22.6 Å². The fourth-order valence-electron chi connectivity index (χ4n) is 0.922. The van der Waals surface area contributed by atoms with Gasteiger partial charge in [0.15, 0.2) is 0 Å². The van der Waals surface area contributed by atoms with Crippen LogP contribution in [-0.4, -0.2) is 25.1 Å². The zero-order chi connectivity index (χ0) is 10.7. The number of benzene rings is 1. The molecule has 14 heavy (non-hydrogen) atoms. The molecule has 76 valence electrons. The van der Waals surface area contributed by atoms with Crippen molar-refractivity contribution in [1.82, 2.24) is 5.06 Å². The molecule has 0 atom stereocenters. The molecule has 1 amide bonds. The van der Waals surface area contributed by atoms with Crippen LogP contribution in [0.5, 0.6) is 0 Å². The summed E-state index contributed by atoms with van der Waals surface area (Å²) in [5, 5.41) is 0.981. The summed E-state index contributed by atoms with van der Waals surface area (Å²) in [5.74, 6) is -1.01. The van der Waals surface area contributed by atoms with Crippen molar-refractivity contribution in [3.63, 3.8) is 0 Å². The Morgan fingerprint density at radius 1 is 1.57 bits per heavy atom. The predicted molar refractivity (Wildman–Crippen MR) is 58.2 cm³/mol. The van der Waals surface area contributed by atoms with Crippen LogP contribution in [0.3, 0.4) is 0 Å². The van der Waals surface area contributed by atoms with Crippen LogP contribution in [0.15, 0.2) is 18.2 Å². The van der Waals surface area contributed by atoms with E-state index in [4.69, 9.17) is 0 Å². The highest BCUT2D eigenvalue weighted by Crippen LogP contribution is 2.16. The normalized spacial score (nSPS) is 10.0. The highest BCUT2D eigenvalue weighted by molar-refractivity contribution is 14.1. The molecule has 0 heterocycles. The highest BCUT2D eigenvalue weighted by atomic mass is 127. The summed E-state index contributed by atoms with van der Waals surface area (Å²) >= 11 is 1.83. The van der Waals surface area contributed by atoms with E-state index in [2.05, 4.69) is 4.84 Å². The summed E-state index contributed by atoms with van der Waals surface area (Å²) in [5.41, 5.74) is 0.0150. The second kappa shape index (κ2) is 4.70. The van der Waals surface area contributed by atoms with Gasteiger partial charge in [0.1, 0.15) is 5.82 Å². The third-order valence-electron chi connectivity index (χ3n) is 1.74. The Kier molecular flexibility index (Phi) is 3.82. The van der Waals surface area contributed by atoms with E-state index in [1.165, 1.54) is 20.2 Å². The van der Waals surface area contributed by atoms with E-state index in [0.29, 0.717) is 3.57 Å². The van der Waals surface area contributed by atoms with E-state index in [1.807, 2.05) is 22.6 Å². The van der Waals surface area contributed by atoms with Crippen molar-refractivity contribution in [3.8, 4) is 0 Å². The maximum absolute atomic E-state index is 13.4. The van der Waals surface area contributed by atoms with Gasteiger partial charge in [-0.3, -0.25) is 9.63 Å². The van der Waals surface area contributed by atoms with E-state index >= 15 is 0 Å². The van der Waals surface area contributed by atoms with Gasteiger partial charge in [-0.2, -0.15) is 0 Å². The standard InChI is InChI=1S/C9H9FINO2/c1-12(14-2)9(13)6-4-3-5-7(11)8(6)10/h3-5H,1-2H3. The van der Waals surface area contributed by atoms with Crippen molar-refractivity contribution >= 4 is 28.5 Å². The van der Waals surface area contributed by atoms with E-state index < -0.39 is 11.7 Å². The summed E-state index contributed by atoms with van der Waals surface area (Å²) < 4.78 is 13.9. The molecule has 0 radical (unpaired) electrons. The Labute approximate surface area is 94.9 Å². The zero-order valence-corrected chi connectivity index (χ0v) is 9.91. The molecule has 0 bridgehead atoms. The van der Waals surface area contributed by atoms with Gasteiger partial charge in [-0.25, -0.2) is 9.45 Å². The van der Waals surface area contributed by atoms with E-state index in [1.54, 1.807) is 12.1 Å². The average molecular weight is 309 g/mol. The van der Waals surface area contributed by atoms with Crippen LogP contribution in [0.4, 0.5) is 4.39 Å². The molecule has 0 fully saturated rings. The van der Waals surface area contributed by atoms with E-state index in [9.17, 15) is 9.18 Å². The number of amides is 1. The van der Waals surface area contributed by atoms with Crippen LogP contribution in [-0.2, 0) is 4.84 Å². The summed E-state index contributed by atoms with van der Waals surface area (Å²) in [4.78, 5) is 16.2. The number of rotatable bonds is 2. The molecule has 1 aromatic carbocycles. The van der Waals surface area contributed by atoms with Gasteiger partial charge >= 0.3 is 0 Å². The van der Waals surface area contributed by atoms with Crippen molar-refractivity contribution in [2.24, 2.45) is 0 Å². The summed E-state index contributed by atoms with van der Waals surface area (Å²) in [7, 11) is 2.78. The summed E-state index contributed by atoms with van der Waals surface area (Å²) in [6.45, 7) is 0. The van der Waals surface area contributed by atoms with Gasteiger partial charge in [0.25, 0.3) is 5.91 Å². The first kappa shape index (κ1) is 11.4. The fourth-order valence-corrected chi connectivity index (χ4v) is 1.42. The molecule has 0 unspecified atom stereocenters. The molecule has 3 nitrogen and oxygen atoms in total.